The Balaban J connectivity index is 2.69. The third kappa shape index (κ3) is 4.41. The quantitative estimate of drug-likeness (QED) is 0.894. The second-order valence-corrected chi connectivity index (χ2v) is 4.44. The van der Waals surface area contributed by atoms with E-state index in [2.05, 4.69) is 5.32 Å². The van der Waals surface area contributed by atoms with Gasteiger partial charge in [0.2, 0.25) is 0 Å². The van der Waals surface area contributed by atoms with Crippen molar-refractivity contribution in [2.45, 2.75) is 19.1 Å². The fourth-order valence-electron chi connectivity index (χ4n) is 1.59. The summed E-state index contributed by atoms with van der Waals surface area (Å²) in [5.41, 5.74) is -0.152. The number of carbonyl (C=O) groups excluding carboxylic acids is 1. The monoisotopic (exact) mass is 290 g/mol. The Hall–Kier alpha value is -1.76. The highest BCUT2D eigenvalue weighted by Crippen LogP contribution is 2.29. The first kappa shape index (κ1) is 16.3. The topological polar surface area (TPSA) is 52.6 Å². The summed E-state index contributed by atoms with van der Waals surface area (Å²) in [5, 5.41) is 11.3. The number of amides is 2. The van der Waals surface area contributed by atoms with Gasteiger partial charge in [0.1, 0.15) is 0 Å². The van der Waals surface area contributed by atoms with Crippen LogP contribution in [0.5, 0.6) is 0 Å². The molecule has 0 saturated heterocycles. The van der Waals surface area contributed by atoms with Gasteiger partial charge in [0.05, 0.1) is 18.2 Å². The van der Waals surface area contributed by atoms with Crippen molar-refractivity contribution in [2.24, 2.45) is 0 Å². The number of likely N-dealkylation sites (N-methyl/N-ethyl adjacent to an activating group) is 1. The van der Waals surface area contributed by atoms with Gasteiger partial charge in [0.25, 0.3) is 0 Å². The van der Waals surface area contributed by atoms with E-state index >= 15 is 0 Å². The lowest BCUT2D eigenvalue weighted by Crippen LogP contribution is -2.39. The second kappa shape index (κ2) is 6.60. The number of aliphatic hydroxyl groups is 1. The molecule has 0 radical (unpaired) electrons. The highest BCUT2D eigenvalue weighted by Gasteiger charge is 2.30. The molecule has 0 aliphatic heterocycles. The summed E-state index contributed by atoms with van der Waals surface area (Å²) < 4.78 is 37.3. The molecule has 20 heavy (non-hydrogen) atoms. The maximum atomic E-state index is 12.4. The van der Waals surface area contributed by atoms with Crippen molar-refractivity contribution in [1.29, 1.82) is 0 Å². The first-order chi connectivity index (χ1) is 9.25. The number of rotatable bonds is 4. The number of carbonyl (C=O) groups is 1. The molecular formula is C13H17F3N2O2. The van der Waals surface area contributed by atoms with Crippen LogP contribution in [0.2, 0.25) is 0 Å². The van der Waals surface area contributed by atoms with Gasteiger partial charge in [0.15, 0.2) is 0 Å². The fourth-order valence-corrected chi connectivity index (χ4v) is 1.59. The standard InChI is InChI=1S/C13H17F3N2O2/c1-9(17-12(20)18(2)7-8-19)10-3-5-11(6-4-10)13(14,15)16/h3-6,9,19H,7-8H2,1-2H3,(H,17,20). The van der Waals surface area contributed by atoms with Gasteiger partial charge in [-0.1, -0.05) is 12.1 Å². The van der Waals surface area contributed by atoms with Crippen LogP contribution in [0.3, 0.4) is 0 Å². The van der Waals surface area contributed by atoms with Crippen LogP contribution in [0.15, 0.2) is 24.3 Å². The van der Waals surface area contributed by atoms with Crippen molar-refractivity contribution in [3.05, 3.63) is 35.4 Å². The Morgan fingerprint density at radius 1 is 1.35 bits per heavy atom. The zero-order chi connectivity index (χ0) is 15.3. The van der Waals surface area contributed by atoms with Gasteiger partial charge >= 0.3 is 12.2 Å². The first-order valence-electron chi connectivity index (χ1n) is 6.05. The molecular weight excluding hydrogens is 273 g/mol. The van der Waals surface area contributed by atoms with E-state index in [0.717, 1.165) is 12.1 Å². The lowest BCUT2D eigenvalue weighted by atomic mass is 10.1. The van der Waals surface area contributed by atoms with Crippen molar-refractivity contribution < 1.29 is 23.1 Å². The van der Waals surface area contributed by atoms with Gasteiger partial charge < -0.3 is 15.3 Å². The predicted octanol–water partition coefficient (Wildman–Crippen LogP) is 2.40. The average Bonchev–Trinajstić information content (AvgIpc) is 2.38. The number of alkyl halides is 3. The molecule has 1 aromatic rings. The fraction of sp³-hybridized carbons (Fsp3) is 0.462. The molecule has 0 heterocycles. The number of nitrogens with zero attached hydrogens (tertiary/aromatic N) is 1. The average molecular weight is 290 g/mol. The highest BCUT2D eigenvalue weighted by atomic mass is 19.4. The van der Waals surface area contributed by atoms with E-state index in [1.807, 2.05) is 0 Å². The van der Waals surface area contributed by atoms with Crippen LogP contribution >= 0.6 is 0 Å². The number of nitrogens with one attached hydrogen (secondary N) is 1. The van der Waals surface area contributed by atoms with E-state index in [1.54, 1.807) is 6.92 Å². The van der Waals surface area contributed by atoms with Crippen LogP contribution in [-0.2, 0) is 6.18 Å². The van der Waals surface area contributed by atoms with Gasteiger partial charge in [-0.3, -0.25) is 0 Å². The van der Waals surface area contributed by atoms with E-state index in [9.17, 15) is 18.0 Å². The molecule has 4 nitrogen and oxygen atoms in total. The number of hydrogen-bond acceptors (Lipinski definition) is 2. The summed E-state index contributed by atoms with van der Waals surface area (Å²) >= 11 is 0. The lowest BCUT2D eigenvalue weighted by Gasteiger charge is -2.21. The van der Waals surface area contributed by atoms with Crippen molar-refractivity contribution in [3.63, 3.8) is 0 Å². The zero-order valence-corrected chi connectivity index (χ0v) is 11.2. The maximum absolute atomic E-state index is 12.4. The minimum Gasteiger partial charge on any atom is -0.395 e. The third-order valence-electron chi connectivity index (χ3n) is 2.86. The molecule has 0 aliphatic rings. The summed E-state index contributed by atoms with van der Waals surface area (Å²) in [6.07, 6.45) is -4.37. The maximum Gasteiger partial charge on any atom is 0.416 e. The van der Waals surface area contributed by atoms with Crippen LogP contribution in [0.25, 0.3) is 0 Å². The molecule has 7 heteroatoms. The van der Waals surface area contributed by atoms with E-state index in [0.29, 0.717) is 5.56 Å². The van der Waals surface area contributed by atoms with Gasteiger partial charge in [-0.2, -0.15) is 13.2 Å². The van der Waals surface area contributed by atoms with Crippen molar-refractivity contribution in [1.82, 2.24) is 10.2 Å². The summed E-state index contributed by atoms with van der Waals surface area (Å²) in [7, 11) is 1.52. The summed E-state index contributed by atoms with van der Waals surface area (Å²) in [6.45, 7) is 1.71. The number of urea groups is 1. The smallest absolute Gasteiger partial charge is 0.395 e. The number of halogens is 3. The minimum absolute atomic E-state index is 0.154. The van der Waals surface area contributed by atoms with Crippen molar-refractivity contribution in [2.75, 3.05) is 20.2 Å². The van der Waals surface area contributed by atoms with Crippen molar-refractivity contribution >= 4 is 6.03 Å². The molecule has 1 unspecified atom stereocenters. The summed E-state index contributed by atoms with van der Waals surface area (Å²) in [5.74, 6) is 0. The lowest BCUT2D eigenvalue weighted by molar-refractivity contribution is -0.137. The molecule has 2 amide bonds. The predicted molar refractivity (Wildman–Crippen MR) is 68.1 cm³/mol. The number of hydrogen-bond donors (Lipinski definition) is 2. The Labute approximate surface area is 115 Å². The van der Waals surface area contributed by atoms with Crippen LogP contribution < -0.4 is 5.32 Å². The number of benzene rings is 1. The molecule has 0 bridgehead atoms. The van der Waals surface area contributed by atoms with Crippen LogP contribution in [0, 0.1) is 0 Å². The third-order valence-corrected chi connectivity index (χ3v) is 2.86. The molecule has 0 aliphatic carbocycles. The first-order valence-corrected chi connectivity index (χ1v) is 6.05. The molecule has 112 valence electrons. The Kier molecular flexibility index (Phi) is 5.38. The molecule has 1 atom stereocenters. The second-order valence-electron chi connectivity index (χ2n) is 4.44. The van der Waals surface area contributed by atoms with Crippen LogP contribution in [0.1, 0.15) is 24.1 Å². The van der Waals surface area contributed by atoms with Crippen molar-refractivity contribution in [3.8, 4) is 0 Å². The van der Waals surface area contributed by atoms with Crippen LogP contribution in [0.4, 0.5) is 18.0 Å². The molecule has 1 rings (SSSR count). The summed E-state index contributed by atoms with van der Waals surface area (Å²) in [6, 6.07) is 3.81. The highest BCUT2D eigenvalue weighted by molar-refractivity contribution is 5.74. The molecule has 0 spiro atoms. The van der Waals surface area contributed by atoms with Gasteiger partial charge in [-0.15, -0.1) is 0 Å². The summed E-state index contributed by atoms with van der Waals surface area (Å²) in [4.78, 5) is 13.0. The molecule has 0 saturated carbocycles. The zero-order valence-electron chi connectivity index (χ0n) is 11.2. The van der Waals surface area contributed by atoms with Gasteiger partial charge in [0, 0.05) is 13.6 Å². The molecule has 1 aromatic carbocycles. The Morgan fingerprint density at radius 2 is 1.90 bits per heavy atom. The largest absolute Gasteiger partial charge is 0.416 e. The van der Waals surface area contributed by atoms with E-state index in [-0.39, 0.29) is 13.2 Å². The normalized spacial score (nSPS) is 12.9. The molecule has 0 aromatic heterocycles. The van der Waals surface area contributed by atoms with E-state index in [1.165, 1.54) is 24.1 Å². The number of aliphatic hydroxyl groups excluding tert-OH is 1. The van der Waals surface area contributed by atoms with Gasteiger partial charge in [-0.05, 0) is 24.6 Å². The Morgan fingerprint density at radius 3 is 2.35 bits per heavy atom. The van der Waals surface area contributed by atoms with E-state index < -0.39 is 23.8 Å². The van der Waals surface area contributed by atoms with Gasteiger partial charge in [-0.25, -0.2) is 4.79 Å². The van der Waals surface area contributed by atoms with E-state index in [4.69, 9.17) is 5.11 Å². The molecule has 0 fully saturated rings. The molecule has 2 N–H and O–H groups in total. The SMILES string of the molecule is CC(NC(=O)N(C)CCO)c1ccc(C(F)(F)F)cc1. The Bertz CT molecular complexity index is 446. The minimum atomic E-state index is -4.37. The van der Waals surface area contributed by atoms with Crippen LogP contribution in [-0.4, -0.2) is 36.2 Å².